The maximum atomic E-state index is 15.0. The first-order valence-corrected chi connectivity index (χ1v) is 10.9. The molecule has 1 fully saturated rings. The van der Waals surface area contributed by atoms with E-state index in [2.05, 4.69) is 4.98 Å². The summed E-state index contributed by atoms with van der Waals surface area (Å²) < 4.78 is 76.4. The zero-order valence-corrected chi connectivity index (χ0v) is 17.6. The van der Waals surface area contributed by atoms with Crippen LogP contribution in [0.25, 0.3) is 0 Å². The normalized spacial score (nSPS) is 32.0. The molecule has 0 bridgehead atoms. The number of aliphatic hydroxyl groups excluding tert-OH is 1. The number of alkyl halides is 3. The minimum atomic E-state index is -4.42. The van der Waals surface area contributed by atoms with Gasteiger partial charge in [0.15, 0.2) is 18.0 Å². The zero-order chi connectivity index (χ0) is 23.3. The SMILES string of the molecule is Nc1nc(=O)n([C@@H]2O[C@@](COP3(=O)OCc4ccccc4O3)(C(F)F)[C@H](F)[C@H]2O)cc1Cl. The molecule has 0 spiro atoms. The summed E-state index contributed by atoms with van der Waals surface area (Å²) in [6.07, 6.45) is -9.67. The van der Waals surface area contributed by atoms with E-state index in [1.165, 1.54) is 6.07 Å². The van der Waals surface area contributed by atoms with Gasteiger partial charge in [-0.25, -0.2) is 22.5 Å². The lowest BCUT2D eigenvalue weighted by molar-refractivity contribution is -0.184. The lowest BCUT2D eigenvalue weighted by Gasteiger charge is -2.32. The molecule has 0 amide bonds. The van der Waals surface area contributed by atoms with Crippen molar-refractivity contribution in [3.05, 3.63) is 51.5 Å². The molecule has 0 radical (unpaired) electrons. The third-order valence-corrected chi connectivity index (χ3v) is 6.59. The van der Waals surface area contributed by atoms with Gasteiger partial charge in [-0.15, -0.1) is 0 Å². The number of phosphoric ester groups is 1. The van der Waals surface area contributed by atoms with Crippen molar-refractivity contribution in [2.24, 2.45) is 0 Å². The zero-order valence-electron chi connectivity index (χ0n) is 15.9. The number of hydrogen-bond donors (Lipinski definition) is 2. The molecular weight excluding hydrogens is 482 g/mol. The predicted octanol–water partition coefficient (Wildman–Crippen LogP) is 2.44. The summed E-state index contributed by atoms with van der Waals surface area (Å²) in [5.41, 5.74) is 1.69. The summed E-state index contributed by atoms with van der Waals surface area (Å²) in [5.74, 6) is -0.213. The van der Waals surface area contributed by atoms with Gasteiger partial charge in [0.1, 0.15) is 17.7 Å². The Morgan fingerprint density at radius 1 is 1.44 bits per heavy atom. The Hall–Kier alpha value is -2.15. The average Bonchev–Trinajstić information content (AvgIpc) is 3.01. The standard InChI is InChI=1S/C17H16ClF3N3O7P/c18-9-5-24(16(26)23-13(9)22)14-11(25)12(19)17(30-14,15(20)21)7-29-32(27)28-6-8-3-1-2-4-10(8)31-32/h1-5,11-12,14-15,25H,6-7H2,(H2,22,23,26)/t11-,12-,14-,17-,32?/m1/s1. The van der Waals surface area contributed by atoms with Crippen molar-refractivity contribution in [2.45, 2.75) is 37.1 Å². The molecule has 3 N–H and O–H groups in total. The Morgan fingerprint density at radius 2 is 2.16 bits per heavy atom. The van der Waals surface area contributed by atoms with Gasteiger partial charge in [0.2, 0.25) is 0 Å². The quantitative estimate of drug-likeness (QED) is 0.597. The monoisotopic (exact) mass is 497 g/mol. The number of para-hydroxylation sites is 1. The molecule has 0 aliphatic carbocycles. The minimum Gasteiger partial charge on any atom is -0.404 e. The van der Waals surface area contributed by atoms with Gasteiger partial charge < -0.3 is 20.1 Å². The third-order valence-electron chi connectivity index (χ3n) is 4.99. The van der Waals surface area contributed by atoms with Gasteiger partial charge in [-0.05, 0) is 6.07 Å². The van der Waals surface area contributed by atoms with Crippen molar-refractivity contribution in [3.8, 4) is 5.75 Å². The summed E-state index contributed by atoms with van der Waals surface area (Å²) in [5, 5.41) is 9.97. The van der Waals surface area contributed by atoms with Gasteiger partial charge >= 0.3 is 13.5 Å². The summed E-state index contributed by atoms with van der Waals surface area (Å²) in [7, 11) is -4.42. The second-order valence-corrected chi connectivity index (χ2v) is 9.01. The maximum Gasteiger partial charge on any atom is 0.530 e. The number of benzene rings is 1. The van der Waals surface area contributed by atoms with Gasteiger partial charge in [0.25, 0.3) is 6.43 Å². The van der Waals surface area contributed by atoms with Crippen LogP contribution in [0.4, 0.5) is 19.0 Å². The number of fused-ring (bicyclic) bond motifs is 1. The van der Waals surface area contributed by atoms with Gasteiger partial charge in [-0.2, -0.15) is 4.98 Å². The molecule has 1 aromatic heterocycles. The van der Waals surface area contributed by atoms with E-state index < -0.39 is 50.6 Å². The molecule has 174 valence electrons. The van der Waals surface area contributed by atoms with Crippen molar-refractivity contribution in [1.29, 1.82) is 0 Å². The lowest BCUT2D eigenvalue weighted by Crippen LogP contribution is -2.50. The number of nitrogens with two attached hydrogens (primary N) is 1. The molecule has 15 heteroatoms. The number of ether oxygens (including phenoxy) is 1. The molecular formula is C17H16ClF3N3O7P. The molecule has 10 nitrogen and oxygen atoms in total. The molecule has 1 unspecified atom stereocenters. The Morgan fingerprint density at radius 3 is 2.88 bits per heavy atom. The number of rotatable bonds is 5. The first-order chi connectivity index (χ1) is 15.1. The van der Waals surface area contributed by atoms with E-state index in [0.717, 1.165) is 6.20 Å². The predicted molar refractivity (Wildman–Crippen MR) is 103 cm³/mol. The van der Waals surface area contributed by atoms with Crippen LogP contribution in [0, 0.1) is 0 Å². The van der Waals surface area contributed by atoms with Crippen LogP contribution in [0.5, 0.6) is 5.75 Å². The highest BCUT2D eigenvalue weighted by molar-refractivity contribution is 7.49. The fourth-order valence-electron chi connectivity index (χ4n) is 3.25. The number of halogens is 4. The lowest BCUT2D eigenvalue weighted by atomic mass is 9.98. The van der Waals surface area contributed by atoms with E-state index in [1.54, 1.807) is 18.2 Å². The second-order valence-electron chi connectivity index (χ2n) is 7.01. The number of hydrogen-bond acceptors (Lipinski definition) is 9. The van der Waals surface area contributed by atoms with Gasteiger partial charge in [0, 0.05) is 11.8 Å². The molecule has 1 saturated heterocycles. The van der Waals surface area contributed by atoms with Crippen molar-refractivity contribution in [2.75, 3.05) is 12.3 Å². The maximum absolute atomic E-state index is 15.0. The van der Waals surface area contributed by atoms with Crippen LogP contribution in [0.3, 0.4) is 0 Å². The number of nitrogens with zero attached hydrogens (tertiary/aromatic N) is 2. The van der Waals surface area contributed by atoms with E-state index >= 15 is 0 Å². The largest absolute Gasteiger partial charge is 0.530 e. The van der Waals surface area contributed by atoms with Crippen LogP contribution in [0.2, 0.25) is 5.02 Å². The number of aliphatic hydroxyl groups is 1. The molecule has 5 atom stereocenters. The number of nitrogen functional groups attached to an aromatic ring is 1. The highest BCUT2D eigenvalue weighted by Crippen LogP contribution is 2.56. The molecule has 4 rings (SSSR count). The van der Waals surface area contributed by atoms with Crippen molar-refractivity contribution in [1.82, 2.24) is 9.55 Å². The van der Waals surface area contributed by atoms with Crippen LogP contribution in [0.15, 0.2) is 35.3 Å². The van der Waals surface area contributed by atoms with Crippen LogP contribution in [-0.4, -0.2) is 45.6 Å². The Bertz CT molecular complexity index is 1140. The van der Waals surface area contributed by atoms with Crippen molar-refractivity contribution >= 4 is 25.2 Å². The first kappa shape index (κ1) is 23.0. The summed E-state index contributed by atoms with van der Waals surface area (Å²) in [6, 6.07) is 6.35. The van der Waals surface area contributed by atoms with Gasteiger partial charge in [0.05, 0.1) is 18.2 Å². The Kier molecular flexibility index (Phi) is 5.99. The van der Waals surface area contributed by atoms with Gasteiger partial charge in [-0.1, -0.05) is 29.8 Å². The third kappa shape index (κ3) is 3.89. The molecule has 2 aliphatic heterocycles. The summed E-state index contributed by atoms with van der Waals surface area (Å²) >= 11 is 5.78. The number of aromatic nitrogens is 2. The number of anilines is 1. The van der Waals surface area contributed by atoms with E-state index in [9.17, 15) is 27.6 Å². The van der Waals surface area contributed by atoms with E-state index in [4.69, 9.17) is 35.6 Å². The Balaban J connectivity index is 1.59. The first-order valence-electron chi connectivity index (χ1n) is 9.05. The molecule has 32 heavy (non-hydrogen) atoms. The van der Waals surface area contributed by atoms with Crippen molar-refractivity contribution < 1.29 is 41.2 Å². The fourth-order valence-corrected chi connectivity index (χ4v) is 4.66. The molecule has 0 saturated carbocycles. The molecule has 2 aromatic rings. The van der Waals surface area contributed by atoms with Crippen LogP contribution < -0.4 is 15.9 Å². The smallest absolute Gasteiger partial charge is 0.404 e. The number of phosphoric acid groups is 1. The molecule has 1 aromatic carbocycles. The van der Waals surface area contributed by atoms with Crippen LogP contribution in [-0.2, 0) is 25.0 Å². The average molecular weight is 498 g/mol. The summed E-state index contributed by atoms with van der Waals surface area (Å²) in [6.45, 7) is -1.53. The fraction of sp³-hybridized carbons (Fsp3) is 0.412. The van der Waals surface area contributed by atoms with Crippen LogP contribution in [0.1, 0.15) is 11.8 Å². The highest BCUT2D eigenvalue weighted by atomic mass is 35.5. The highest BCUT2D eigenvalue weighted by Gasteiger charge is 2.63. The summed E-state index contributed by atoms with van der Waals surface area (Å²) in [4.78, 5) is 15.4. The second kappa shape index (κ2) is 8.32. The molecule has 3 heterocycles. The van der Waals surface area contributed by atoms with E-state index in [1.807, 2.05) is 0 Å². The van der Waals surface area contributed by atoms with Crippen molar-refractivity contribution in [3.63, 3.8) is 0 Å². The van der Waals surface area contributed by atoms with E-state index in [0.29, 0.717) is 10.1 Å². The topological polar surface area (TPSA) is 135 Å². The van der Waals surface area contributed by atoms with E-state index in [-0.39, 0.29) is 23.2 Å². The molecule has 2 aliphatic rings. The Labute approximate surface area is 183 Å². The van der Waals surface area contributed by atoms with Crippen LogP contribution >= 0.6 is 19.4 Å². The van der Waals surface area contributed by atoms with Gasteiger partial charge in [-0.3, -0.25) is 13.6 Å². The minimum absolute atomic E-state index is 0.143.